The predicted octanol–water partition coefficient (Wildman–Crippen LogP) is 1.21. The van der Waals surface area contributed by atoms with Crippen LogP contribution >= 0.6 is 11.3 Å². The number of fused-ring (bicyclic) bond motifs is 5. The van der Waals surface area contributed by atoms with Crippen LogP contribution in [0, 0.1) is 6.92 Å². The summed E-state index contributed by atoms with van der Waals surface area (Å²) in [6.45, 7) is 9.28. The number of quaternary nitrogens is 1. The summed E-state index contributed by atoms with van der Waals surface area (Å²) in [6, 6.07) is 0. The van der Waals surface area contributed by atoms with Crippen LogP contribution in [0.25, 0.3) is 15.9 Å². The Bertz CT molecular complexity index is 930. The van der Waals surface area contributed by atoms with Crippen LogP contribution in [0.2, 0.25) is 0 Å². The van der Waals surface area contributed by atoms with E-state index in [4.69, 9.17) is 19.4 Å². The molecule has 2 N–H and O–H groups in total. The third kappa shape index (κ3) is 3.03. The van der Waals surface area contributed by atoms with Crippen LogP contribution in [-0.4, -0.2) is 45.4 Å². The molecule has 0 bridgehead atoms. The van der Waals surface area contributed by atoms with Gasteiger partial charge < -0.3 is 14.8 Å². The van der Waals surface area contributed by atoms with Gasteiger partial charge in [-0.05, 0) is 26.3 Å². The average Bonchev–Trinajstić information content (AvgIpc) is 3.12. The Labute approximate surface area is 150 Å². The van der Waals surface area contributed by atoms with Crippen LogP contribution in [-0.2, 0) is 29.0 Å². The van der Waals surface area contributed by atoms with E-state index in [1.165, 1.54) is 10.4 Å². The highest BCUT2D eigenvalue weighted by Crippen LogP contribution is 2.39. The molecule has 0 unspecified atom stereocenters. The molecule has 3 aromatic heterocycles. The van der Waals surface area contributed by atoms with E-state index >= 15 is 0 Å². The van der Waals surface area contributed by atoms with E-state index in [0.29, 0.717) is 6.61 Å². The molecule has 0 aliphatic carbocycles. The summed E-state index contributed by atoms with van der Waals surface area (Å²) in [5.41, 5.74) is 2.10. The zero-order valence-electron chi connectivity index (χ0n) is 15.1. The molecular weight excluding hydrogens is 338 g/mol. The Morgan fingerprint density at radius 1 is 1.36 bits per heavy atom. The minimum atomic E-state index is -0.153. The Kier molecular flexibility index (Phi) is 4.23. The van der Waals surface area contributed by atoms with Gasteiger partial charge in [0.1, 0.15) is 17.2 Å². The molecule has 25 heavy (non-hydrogen) atoms. The first kappa shape index (κ1) is 16.8. The minimum Gasteiger partial charge on any atom is -0.379 e. The molecule has 0 saturated heterocycles. The lowest BCUT2D eigenvalue weighted by Crippen LogP contribution is -2.83. The predicted molar refractivity (Wildman–Crippen MR) is 95.8 cm³/mol. The van der Waals surface area contributed by atoms with E-state index in [9.17, 15) is 0 Å². The number of aromatic nitrogens is 4. The second-order valence-electron chi connectivity index (χ2n) is 7.11. The van der Waals surface area contributed by atoms with Crippen LogP contribution < -0.4 is 5.32 Å². The van der Waals surface area contributed by atoms with Crippen molar-refractivity contribution in [2.24, 2.45) is 0 Å². The normalized spacial score (nSPS) is 16.6. The highest BCUT2D eigenvalue weighted by Gasteiger charge is 2.31. The maximum Gasteiger partial charge on any atom is 0.206 e. The van der Waals surface area contributed by atoms with Crippen molar-refractivity contribution >= 4 is 27.2 Å². The number of nitrogens with two attached hydrogens (primary N) is 1. The van der Waals surface area contributed by atoms with Gasteiger partial charge in [-0.1, -0.05) is 0 Å². The molecule has 1 aliphatic rings. The Hall–Kier alpha value is -1.61. The molecule has 4 rings (SSSR count). The molecule has 0 spiro atoms. The fourth-order valence-electron chi connectivity index (χ4n) is 3.30. The molecule has 0 aromatic carbocycles. The van der Waals surface area contributed by atoms with Crippen LogP contribution in [0.1, 0.15) is 35.9 Å². The van der Waals surface area contributed by atoms with Gasteiger partial charge in [0, 0.05) is 18.4 Å². The van der Waals surface area contributed by atoms with Crippen LogP contribution in [0.4, 0.5) is 0 Å². The first-order chi connectivity index (χ1) is 12.0. The molecule has 1 aliphatic heterocycles. The molecule has 3 aromatic rings. The Morgan fingerprint density at radius 3 is 3.00 bits per heavy atom. The maximum absolute atomic E-state index is 5.97. The van der Waals surface area contributed by atoms with Gasteiger partial charge in [-0.3, -0.25) is 0 Å². The number of thiophene rings is 1. The summed E-state index contributed by atoms with van der Waals surface area (Å²) in [5.74, 6) is 1.71. The van der Waals surface area contributed by atoms with Gasteiger partial charge in [-0.25, -0.2) is 9.97 Å². The Balaban J connectivity index is 1.79. The van der Waals surface area contributed by atoms with Gasteiger partial charge in [0.2, 0.25) is 5.82 Å². The number of hydrogen-bond donors (Lipinski definition) is 1. The fourth-order valence-corrected chi connectivity index (χ4v) is 4.45. The van der Waals surface area contributed by atoms with Crippen molar-refractivity contribution < 1.29 is 14.8 Å². The van der Waals surface area contributed by atoms with E-state index < -0.39 is 0 Å². The molecular formula is C17H24N5O2S+. The number of aryl methyl sites for hydroxylation is 1. The number of ether oxygens (including phenoxy) is 2. The lowest BCUT2D eigenvalue weighted by molar-refractivity contribution is -0.672. The first-order valence-corrected chi connectivity index (χ1v) is 9.41. The smallest absolute Gasteiger partial charge is 0.206 e. The molecule has 0 radical (unpaired) electrons. The van der Waals surface area contributed by atoms with Crippen molar-refractivity contribution in [1.82, 2.24) is 19.6 Å². The molecule has 0 fully saturated rings. The summed E-state index contributed by atoms with van der Waals surface area (Å²) in [7, 11) is 1.72. The topological polar surface area (TPSA) is 78.2 Å². The van der Waals surface area contributed by atoms with Gasteiger partial charge in [0.15, 0.2) is 5.65 Å². The second-order valence-corrected chi connectivity index (χ2v) is 8.19. The van der Waals surface area contributed by atoms with Crippen molar-refractivity contribution in [1.29, 1.82) is 0 Å². The molecule has 0 amide bonds. The van der Waals surface area contributed by atoms with E-state index in [2.05, 4.69) is 24.3 Å². The molecule has 134 valence electrons. The SMILES string of the molecule is COCC[NH2+]Cc1nc2c3c4c(sc3nc(C)n2n1)COC(C)(C)C4. The molecule has 8 heteroatoms. The zero-order valence-corrected chi connectivity index (χ0v) is 15.9. The van der Waals surface area contributed by atoms with Gasteiger partial charge in [-0.2, -0.15) is 4.52 Å². The van der Waals surface area contributed by atoms with Gasteiger partial charge in [-0.15, -0.1) is 16.4 Å². The van der Waals surface area contributed by atoms with Gasteiger partial charge in [0.05, 0.1) is 30.7 Å². The molecule has 7 nitrogen and oxygen atoms in total. The average molecular weight is 362 g/mol. The fraction of sp³-hybridized carbons (Fsp3) is 0.588. The minimum absolute atomic E-state index is 0.153. The van der Waals surface area contributed by atoms with Crippen molar-refractivity contribution in [3.8, 4) is 0 Å². The summed E-state index contributed by atoms with van der Waals surface area (Å²) in [4.78, 5) is 11.9. The van der Waals surface area contributed by atoms with Crippen LogP contribution in [0.5, 0.6) is 0 Å². The van der Waals surface area contributed by atoms with Gasteiger partial charge >= 0.3 is 0 Å². The van der Waals surface area contributed by atoms with Crippen molar-refractivity contribution in [2.45, 2.75) is 45.9 Å². The van der Waals surface area contributed by atoms with Crippen LogP contribution in [0.15, 0.2) is 0 Å². The highest BCUT2D eigenvalue weighted by molar-refractivity contribution is 7.19. The van der Waals surface area contributed by atoms with Crippen molar-refractivity contribution in [3.05, 3.63) is 22.1 Å². The number of methoxy groups -OCH3 is 1. The largest absolute Gasteiger partial charge is 0.379 e. The summed E-state index contributed by atoms with van der Waals surface area (Å²) < 4.78 is 12.9. The van der Waals surface area contributed by atoms with Gasteiger partial charge in [0.25, 0.3) is 0 Å². The lowest BCUT2D eigenvalue weighted by atomic mass is 9.94. The first-order valence-electron chi connectivity index (χ1n) is 8.59. The monoisotopic (exact) mass is 362 g/mol. The summed E-state index contributed by atoms with van der Waals surface area (Å²) in [5, 5.41) is 7.98. The lowest BCUT2D eigenvalue weighted by Gasteiger charge is -2.30. The summed E-state index contributed by atoms with van der Waals surface area (Å²) >= 11 is 1.72. The maximum atomic E-state index is 5.97. The third-order valence-corrected chi connectivity index (χ3v) is 5.67. The van der Waals surface area contributed by atoms with Crippen molar-refractivity contribution in [3.63, 3.8) is 0 Å². The van der Waals surface area contributed by atoms with Crippen molar-refractivity contribution in [2.75, 3.05) is 20.3 Å². The number of hydrogen-bond acceptors (Lipinski definition) is 6. The number of rotatable bonds is 5. The van der Waals surface area contributed by atoms with E-state index in [1.807, 2.05) is 11.4 Å². The molecule has 0 saturated carbocycles. The highest BCUT2D eigenvalue weighted by atomic mass is 32.1. The Morgan fingerprint density at radius 2 is 2.20 bits per heavy atom. The standard InChI is InChI=1S/C17H23N5O2S/c1-10-19-16-14(11-7-17(2,3)24-9-12(11)25-16)15-20-13(21-22(10)15)8-18-5-6-23-4/h18H,5-9H2,1-4H3/p+1. The number of nitrogens with zero attached hydrogens (tertiary/aromatic N) is 4. The zero-order chi connectivity index (χ0) is 17.6. The third-order valence-electron chi connectivity index (χ3n) is 4.57. The molecule has 4 heterocycles. The second kappa shape index (κ2) is 6.28. The van der Waals surface area contributed by atoms with E-state index in [1.54, 1.807) is 18.4 Å². The van der Waals surface area contributed by atoms with Crippen LogP contribution in [0.3, 0.4) is 0 Å². The quantitative estimate of drug-likeness (QED) is 0.690. The van der Waals surface area contributed by atoms with E-state index in [-0.39, 0.29) is 5.60 Å². The summed E-state index contributed by atoms with van der Waals surface area (Å²) in [6.07, 6.45) is 0.880. The molecule has 0 atom stereocenters. The van der Waals surface area contributed by atoms with E-state index in [0.717, 1.165) is 53.6 Å².